The van der Waals surface area contributed by atoms with Gasteiger partial charge in [0, 0.05) is 25.3 Å². The van der Waals surface area contributed by atoms with E-state index in [0.717, 1.165) is 13.0 Å². The number of rotatable bonds is 4. The molecule has 0 spiro atoms. The van der Waals surface area contributed by atoms with Crippen molar-refractivity contribution >= 4 is 5.69 Å². The first-order valence-corrected chi connectivity index (χ1v) is 5.25. The molecule has 2 nitrogen and oxygen atoms in total. The smallest absolute Gasteiger partial charge is 0.0363 e. The topological polar surface area (TPSA) is 29.3 Å². The Morgan fingerprint density at radius 3 is 2.21 bits per heavy atom. The first-order chi connectivity index (χ1) is 6.69. The van der Waals surface area contributed by atoms with Crippen LogP contribution in [0, 0.1) is 0 Å². The molecule has 1 aromatic carbocycles. The summed E-state index contributed by atoms with van der Waals surface area (Å²) in [5, 5.41) is 0. The van der Waals surface area contributed by atoms with E-state index in [4.69, 9.17) is 5.73 Å². The van der Waals surface area contributed by atoms with Gasteiger partial charge in [-0.1, -0.05) is 19.1 Å². The number of anilines is 1. The van der Waals surface area contributed by atoms with Crippen LogP contribution in [0.1, 0.15) is 31.9 Å². The highest BCUT2D eigenvalue weighted by Crippen LogP contribution is 2.18. The SMILES string of the molecule is CC[C@@H](N)c1ccc(N(C)CC)cc1. The minimum absolute atomic E-state index is 0.177. The minimum Gasteiger partial charge on any atom is -0.375 e. The molecule has 2 N–H and O–H groups in total. The molecule has 0 radical (unpaired) electrons. The van der Waals surface area contributed by atoms with Crippen molar-refractivity contribution in [1.29, 1.82) is 0 Å². The Hall–Kier alpha value is -1.02. The molecule has 1 aromatic rings. The third-order valence-corrected chi connectivity index (χ3v) is 2.68. The maximum absolute atomic E-state index is 5.94. The number of nitrogens with zero attached hydrogens (tertiary/aromatic N) is 1. The molecule has 0 amide bonds. The molecule has 1 atom stereocenters. The van der Waals surface area contributed by atoms with Crippen molar-refractivity contribution in [3.63, 3.8) is 0 Å². The van der Waals surface area contributed by atoms with Crippen LogP contribution in [0.15, 0.2) is 24.3 Å². The van der Waals surface area contributed by atoms with Gasteiger partial charge in [-0.05, 0) is 31.0 Å². The quantitative estimate of drug-likeness (QED) is 0.794. The molecule has 0 aromatic heterocycles. The number of hydrogen-bond donors (Lipinski definition) is 1. The summed E-state index contributed by atoms with van der Waals surface area (Å²) in [7, 11) is 2.09. The van der Waals surface area contributed by atoms with Gasteiger partial charge >= 0.3 is 0 Å². The highest BCUT2D eigenvalue weighted by atomic mass is 15.1. The van der Waals surface area contributed by atoms with Crippen LogP contribution in [0.3, 0.4) is 0 Å². The van der Waals surface area contributed by atoms with E-state index in [1.807, 2.05) is 0 Å². The molecule has 0 unspecified atom stereocenters. The molecule has 1 rings (SSSR count). The standard InChI is InChI=1S/C12H20N2/c1-4-12(13)10-6-8-11(9-7-10)14(3)5-2/h6-9,12H,4-5,13H2,1-3H3/t12-/m1/s1. The Labute approximate surface area is 86.7 Å². The van der Waals surface area contributed by atoms with E-state index in [0.29, 0.717) is 0 Å². The molecule has 0 saturated carbocycles. The van der Waals surface area contributed by atoms with Crippen LogP contribution in [0.25, 0.3) is 0 Å². The summed E-state index contributed by atoms with van der Waals surface area (Å²) in [4.78, 5) is 2.21. The molecular formula is C12H20N2. The zero-order valence-electron chi connectivity index (χ0n) is 9.33. The fraction of sp³-hybridized carbons (Fsp3) is 0.500. The monoisotopic (exact) mass is 192 g/mol. The lowest BCUT2D eigenvalue weighted by molar-refractivity contribution is 0.698. The molecule has 0 aliphatic heterocycles. The van der Waals surface area contributed by atoms with Gasteiger partial charge in [0.05, 0.1) is 0 Å². The highest BCUT2D eigenvalue weighted by molar-refractivity contribution is 5.47. The fourth-order valence-corrected chi connectivity index (χ4v) is 1.39. The van der Waals surface area contributed by atoms with Crippen LogP contribution in [-0.4, -0.2) is 13.6 Å². The lowest BCUT2D eigenvalue weighted by atomic mass is 10.1. The van der Waals surface area contributed by atoms with Crippen molar-refractivity contribution in [3.05, 3.63) is 29.8 Å². The first-order valence-electron chi connectivity index (χ1n) is 5.25. The zero-order valence-corrected chi connectivity index (χ0v) is 9.33. The van der Waals surface area contributed by atoms with E-state index in [-0.39, 0.29) is 6.04 Å². The van der Waals surface area contributed by atoms with Crippen LogP contribution in [0.5, 0.6) is 0 Å². The van der Waals surface area contributed by atoms with E-state index in [9.17, 15) is 0 Å². The first kappa shape index (κ1) is 11.1. The Balaban J connectivity index is 2.78. The molecule has 0 heterocycles. The summed E-state index contributed by atoms with van der Waals surface area (Å²) in [6.45, 7) is 5.28. The average molecular weight is 192 g/mol. The lowest BCUT2D eigenvalue weighted by Crippen LogP contribution is -2.16. The number of hydrogen-bond acceptors (Lipinski definition) is 2. The molecule has 0 bridgehead atoms. The van der Waals surface area contributed by atoms with Gasteiger partial charge in [0.2, 0.25) is 0 Å². The summed E-state index contributed by atoms with van der Waals surface area (Å²) < 4.78 is 0. The summed E-state index contributed by atoms with van der Waals surface area (Å²) >= 11 is 0. The Morgan fingerprint density at radius 2 is 1.79 bits per heavy atom. The summed E-state index contributed by atoms with van der Waals surface area (Å²) in [5.74, 6) is 0. The Morgan fingerprint density at radius 1 is 1.21 bits per heavy atom. The average Bonchev–Trinajstić information content (AvgIpc) is 2.27. The van der Waals surface area contributed by atoms with Crippen molar-refractivity contribution in [2.24, 2.45) is 5.73 Å². The van der Waals surface area contributed by atoms with Gasteiger partial charge in [-0.15, -0.1) is 0 Å². The van der Waals surface area contributed by atoms with Crippen molar-refractivity contribution in [2.45, 2.75) is 26.3 Å². The third kappa shape index (κ3) is 2.48. The number of benzene rings is 1. The molecule has 14 heavy (non-hydrogen) atoms. The largest absolute Gasteiger partial charge is 0.375 e. The predicted octanol–water partition coefficient (Wildman–Crippen LogP) is 2.55. The van der Waals surface area contributed by atoms with Crippen LogP contribution < -0.4 is 10.6 Å². The highest BCUT2D eigenvalue weighted by Gasteiger charge is 2.03. The van der Waals surface area contributed by atoms with Gasteiger partial charge in [-0.2, -0.15) is 0 Å². The van der Waals surface area contributed by atoms with Crippen molar-refractivity contribution in [3.8, 4) is 0 Å². The second-order valence-electron chi connectivity index (χ2n) is 3.62. The zero-order chi connectivity index (χ0) is 10.6. The lowest BCUT2D eigenvalue weighted by Gasteiger charge is -2.17. The van der Waals surface area contributed by atoms with Gasteiger partial charge in [-0.25, -0.2) is 0 Å². The molecule has 78 valence electrons. The predicted molar refractivity (Wildman–Crippen MR) is 62.6 cm³/mol. The van der Waals surface area contributed by atoms with Crippen molar-refractivity contribution in [1.82, 2.24) is 0 Å². The van der Waals surface area contributed by atoms with Gasteiger partial charge < -0.3 is 10.6 Å². The summed E-state index contributed by atoms with van der Waals surface area (Å²) in [5.41, 5.74) is 8.41. The molecular weight excluding hydrogens is 172 g/mol. The molecule has 0 aliphatic carbocycles. The van der Waals surface area contributed by atoms with E-state index in [2.05, 4.69) is 50.1 Å². The van der Waals surface area contributed by atoms with Crippen molar-refractivity contribution < 1.29 is 0 Å². The second kappa shape index (κ2) is 5.01. The Kier molecular flexibility index (Phi) is 3.96. The number of nitrogens with two attached hydrogens (primary N) is 1. The van der Waals surface area contributed by atoms with E-state index >= 15 is 0 Å². The van der Waals surface area contributed by atoms with Crippen molar-refractivity contribution in [2.75, 3.05) is 18.5 Å². The van der Waals surface area contributed by atoms with Gasteiger partial charge in [0.25, 0.3) is 0 Å². The fourth-order valence-electron chi connectivity index (χ4n) is 1.39. The van der Waals surface area contributed by atoms with Crippen LogP contribution in [0.4, 0.5) is 5.69 Å². The molecule has 0 saturated heterocycles. The molecule has 0 fully saturated rings. The van der Waals surface area contributed by atoms with Crippen LogP contribution in [-0.2, 0) is 0 Å². The Bertz CT molecular complexity index is 237. The summed E-state index contributed by atoms with van der Waals surface area (Å²) in [6.07, 6.45) is 0.989. The minimum atomic E-state index is 0.177. The van der Waals surface area contributed by atoms with Gasteiger partial charge in [0.15, 0.2) is 0 Å². The summed E-state index contributed by atoms with van der Waals surface area (Å²) in [6, 6.07) is 8.68. The van der Waals surface area contributed by atoms with Gasteiger partial charge in [-0.3, -0.25) is 0 Å². The van der Waals surface area contributed by atoms with Gasteiger partial charge in [0.1, 0.15) is 0 Å². The van der Waals surface area contributed by atoms with Crippen LogP contribution in [0.2, 0.25) is 0 Å². The third-order valence-electron chi connectivity index (χ3n) is 2.68. The second-order valence-corrected chi connectivity index (χ2v) is 3.62. The molecule has 2 heteroatoms. The normalized spacial score (nSPS) is 12.6. The van der Waals surface area contributed by atoms with E-state index in [1.165, 1.54) is 11.3 Å². The van der Waals surface area contributed by atoms with E-state index < -0.39 is 0 Å². The maximum atomic E-state index is 5.94. The van der Waals surface area contributed by atoms with E-state index in [1.54, 1.807) is 0 Å². The maximum Gasteiger partial charge on any atom is 0.0363 e. The molecule has 0 aliphatic rings. The van der Waals surface area contributed by atoms with Crippen LogP contribution >= 0.6 is 0 Å².